The molecule has 0 aliphatic heterocycles. The van der Waals surface area contributed by atoms with E-state index in [0.29, 0.717) is 13.0 Å². The molecule has 0 spiro atoms. The van der Waals surface area contributed by atoms with Gasteiger partial charge in [-0.15, -0.1) is 0 Å². The third-order valence-corrected chi connectivity index (χ3v) is 4.46. The zero-order chi connectivity index (χ0) is 15.9. The fraction of sp³-hybridized carbons (Fsp3) is 0.500. The van der Waals surface area contributed by atoms with Crippen LogP contribution in [0.2, 0.25) is 0 Å². The summed E-state index contributed by atoms with van der Waals surface area (Å²) in [5.41, 5.74) is 0. The number of nitrogens with one attached hydrogen (secondary N) is 2. The van der Waals surface area contributed by atoms with Crippen LogP contribution in [0, 0.1) is 5.82 Å². The Hall–Kier alpha value is -1.47. The van der Waals surface area contributed by atoms with Crippen LogP contribution >= 0.6 is 0 Å². The highest BCUT2D eigenvalue weighted by molar-refractivity contribution is 7.89. The molecule has 1 aromatic carbocycles. The maximum atomic E-state index is 12.8. The number of carbonyl (C=O) groups is 1. The van der Waals surface area contributed by atoms with Crippen molar-refractivity contribution in [1.29, 1.82) is 0 Å². The van der Waals surface area contributed by atoms with Crippen molar-refractivity contribution in [3.8, 4) is 0 Å². The number of unbranched alkanes of at least 4 members (excludes halogenated alkanes) is 1. The van der Waals surface area contributed by atoms with E-state index in [2.05, 4.69) is 10.0 Å². The summed E-state index contributed by atoms with van der Waals surface area (Å²) in [6, 6.07) is 3.63. The quantitative estimate of drug-likeness (QED) is 0.718. The predicted octanol–water partition coefficient (Wildman–Crippen LogP) is 1.80. The summed E-state index contributed by atoms with van der Waals surface area (Å²) in [6.07, 6.45) is 2.11. The van der Waals surface area contributed by atoms with Gasteiger partial charge in [-0.25, -0.2) is 12.8 Å². The van der Waals surface area contributed by atoms with Crippen LogP contribution in [0.3, 0.4) is 0 Å². The Morgan fingerprint density at radius 1 is 1.24 bits per heavy atom. The van der Waals surface area contributed by atoms with Crippen molar-refractivity contribution in [2.45, 2.75) is 44.0 Å². The van der Waals surface area contributed by atoms with Crippen LogP contribution in [0.15, 0.2) is 29.2 Å². The Bertz CT molecular complexity index is 558. The Kier molecular flexibility index (Phi) is 6.77. The van der Waals surface area contributed by atoms with Gasteiger partial charge in [0.2, 0.25) is 15.9 Å². The smallest absolute Gasteiger partial charge is 0.241 e. The van der Waals surface area contributed by atoms with Gasteiger partial charge in [-0.05, 0) is 37.1 Å². The lowest BCUT2D eigenvalue weighted by atomic mass is 10.2. The molecule has 1 atom stereocenters. The van der Waals surface area contributed by atoms with Gasteiger partial charge in [0.1, 0.15) is 11.9 Å². The molecule has 0 saturated heterocycles. The Morgan fingerprint density at radius 2 is 1.86 bits per heavy atom. The van der Waals surface area contributed by atoms with E-state index in [4.69, 9.17) is 0 Å². The van der Waals surface area contributed by atoms with Crippen molar-refractivity contribution in [2.24, 2.45) is 0 Å². The zero-order valence-corrected chi connectivity index (χ0v) is 13.0. The van der Waals surface area contributed by atoms with E-state index in [-0.39, 0.29) is 10.8 Å². The minimum atomic E-state index is -3.84. The van der Waals surface area contributed by atoms with Gasteiger partial charge in [-0.2, -0.15) is 4.72 Å². The van der Waals surface area contributed by atoms with Crippen LogP contribution in [-0.4, -0.2) is 26.9 Å². The summed E-state index contributed by atoms with van der Waals surface area (Å²) in [6.45, 7) is 4.24. The van der Waals surface area contributed by atoms with Crippen molar-refractivity contribution in [1.82, 2.24) is 10.0 Å². The predicted molar refractivity (Wildman–Crippen MR) is 78.7 cm³/mol. The number of hydrogen-bond acceptors (Lipinski definition) is 3. The molecular weight excluding hydrogens is 295 g/mol. The molecule has 5 nitrogen and oxygen atoms in total. The molecule has 118 valence electrons. The van der Waals surface area contributed by atoms with Gasteiger partial charge >= 0.3 is 0 Å². The summed E-state index contributed by atoms with van der Waals surface area (Å²) >= 11 is 0. The molecule has 0 heterocycles. The number of hydrogen-bond donors (Lipinski definition) is 2. The zero-order valence-electron chi connectivity index (χ0n) is 12.2. The molecule has 2 N–H and O–H groups in total. The summed E-state index contributed by atoms with van der Waals surface area (Å²) in [5.74, 6) is -0.866. The Morgan fingerprint density at radius 3 is 2.38 bits per heavy atom. The van der Waals surface area contributed by atoms with Crippen LogP contribution in [0.1, 0.15) is 33.1 Å². The van der Waals surface area contributed by atoms with Crippen LogP contribution in [0.4, 0.5) is 4.39 Å². The van der Waals surface area contributed by atoms with Crippen molar-refractivity contribution in [2.75, 3.05) is 6.54 Å². The number of halogens is 1. The highest BCUT2D eigenvalue weighted by atomic mass is 32.2. The molecule has 1 rings (SSSR count). The second kappa shape index (κ2) is 8.09. The number of sulfonamides is 1. The van der Waals surface area contributed by atoms with Crippen molar-refractivity contribution in [3.63, 3.8) is 0 Å². The fourth-order valence-corrected chi connectivity index (χ4v) is 2.98. The molecule has 7 heteroatoms. The van der Waals surface area contributed by atoms with Gasteiger partial charge in [-0.3, -0.25) is 4.79 Å². The number of carbonyl (C=O) groups excluding carboxylic acids is 1. The van der Waals surface area contributed by atoms with Crippen molar-refractivity contribution >= 4 is 15.9 Å². The molecule has 0 radical (unpaired) electrons. The number of rotatable bonds is 8. The molecule has 0 aliphatic carbocycles. The lowest BCUT2D eigenvalue weighted by Crippen LogP contribution is -2.46. The van der Waals surface area contributed by atoms with Crippen LogP contribution in [0.25, 0.3) is 0 Å². The topological polar surface area (TPSA) is 75.3 Å². The number of amides is 1. The minimum Gasteiger partial charge on any atom is -0.355 e. The molecule has 0 aromatic heterocycles. The SMILES string of the molecule is CCCCNC(=O)C(CC)NS(=O)(=O)c1ccc(F)cc1. The van der Waals surface area contributed by atoms with Crippen molar-refractivity contribution in [3.05, 3.63) is 30.1 Å². The highest BCUT2D eigenvalue weighted by Crippen LogP contribution is 2.11. The van der Waals surface area contributed by atoms with E-state index in [1.807, 2.05) is 6.92 Å². The number of benzene rings is 1. The van der Waals surface area contributed by atoms with Crippen molar-refractivity contribution < 1.29 is 17.6 Å². The highest BCUT2D eigenvalue weighted by Gasteiger charge is 2.23. The standard InChI is InChI=1S/C14H21FN2O3S/c1-3-5-10-16-14(18)13(4-2)17-21(19,20)12-8-6-11(15)7-9-12/h6-9,13,17H,3-5,10H2,1-2H3,(H,16,18). The Labute approximate surface area is 125 Å². The van der Waals surface area contributed by atoms with Crippen LogP contribution in [0.5, 0.6) is 0 Å². The molecule has 1 aromatic rings. The summed E-state index contributed by atoms with van der Waals surface area (Å²) < 4.78 is 39.4. The first-order valence-corrected chi connectivity index (χ1v) is 8.44. The second-order valence-corrected chi connectivity index (χ2v) is 6.39. The van der Waals surface area contributed by atoms with E-state index < -0.39 is 21.9 Å². The molecule has 1 amide bonds. The van der Waals surface area contributed by atoms with Gasteiger partial charge < -0.3 is 5.32 Å². The molecular formula is C14H21FN2O3S. The lowest BCUT2D eigenvalue weighted by Gasteiger charge is -2.17. The average Bonchev–Trinajstić information content (AvgIpc) is 2.45. The van der Waals surface area contributed by atoms with Crippen LogP contribution < -0.4 is 10.0 Å². The maximum absolute atomic E-state index is 12.8. The Balaban J connectivity index is 2.75. The normalized spacial score (nSPS) is 12.9. The van der Waals surface area contributed by atoms with Gasteiger partial charge in [-0.1, -0.05) is 20.3 Å². The second-order valence-electron chi connectivity index (χ2n) is 4.68. The van der Waals surface area contributed by atoms with Gasteiger partial charge in [0.15, 0.2) is 0 Å². The van der Waals surface area contributed by atoms with E-state index >= 15 is 0 Å². The molecule has 0 bridgehead atoms. The van der Waals surface area contributed by atoms with Gasteiger partial charge in [0.05, 0.1) is 4.90 Å². The molecule has 21 heavy (non-hydrogen) atoms. The first-order chi connectivity index (χ1) is 9.90. The monoisotopic (exact) mass is 316 g/mol. The van der Waals surface area contributed by atoms with E-state index in [0.717, 1.165) is 25.0 Å². The molecule has 1 unspecified atom stereocenters. The molecule has 0 fully saturated rings. The average molecular weight is 316 g/mol. The van der Waals surface area contributed by atoms with Crippen LogP contribution in [-0.2, 0) is 14.8 Å². The van der Waals surface area contributed by atoms with Gasteiger partial charge in [0.25, 0.3) is 0 Å². The largest absolute Gasteiger partial charge is 0.355 e. The fourth-order valence-electron chi connectivity index (χ4n) is 1.70. The first kappa shape index (κ1) is 17.6. The van der Waals surface area contributed by atoms with E-state index in [1.165, 1.54) is 12.1 Å². The summed E-state index contributed by atoms with van der Waals surface area (Å²) in [4.78, 5) is 11.8. The lowest BCUT2D eigenvalue weighted by molar-refractivity contribution is -0.122. The first-order valence-electron chi connectivity index (χ1n) is 6.96. The molecule has 0 aliphatic rings. The minimum absolute atomic E-state index is 0.0660. The third kappa shape index (κ3) is 5.43. The van der Waals surface area contributed by atoms with Gasteiger partial charge in [0, 0.05) is 6.54 Å². The van der Waals surface area contributed by atoms with E-state index in [9.17, 15) is 17.6 Å². The third-order valence-electron chi connectivity index (χ3n) is 2.98. The van der Waals surface area contributed by atoms with E-state index in [1.54, 1.807) is 6.92 Å². The molecule has 0 saturated carbocycles. The summed E-state index contributed by atoms with van der Waals surface area (Å²) in [7, 11) is -3.84. The summed E-state index contributed by atoms with van der Waals surface area (Å²) in [5, 5.41) is 2.69. The maximum Gasteiger partial charge on any atom is 0.241 e.